The molecule has 0 aliphatic carbocycles. The molecule has 1 atom stereocenters. The van der Waals surface area contributed by atoms with Gasteiger partial charge in [-0.3, -0.25) is 14.9 Å². The Bertz CT molecular complexity index is 759. The van der Waals surface area contributed by atoms with E-state index < -0.39 is 4.92 Å². The Kier molecular flexibility index (Phi) is 4.02. The van der Waals surface area contributed by atoms with Crippen molar-refractivity contribution in [1.29, 1.82) is 0 Å². The maximum Gasteiger partial charge on any atom is 0.270 e. The molecule has 2 aromatic rings. The molecule has 0 saturated carbocycles. The molecule has 0 aromatic heterocycles. The molecule has 1 aliphatic heterocycles. The summed E-state index contributed by atoms with van der Waals surface area (Å²) < 4.78 is 0. The number of nitro benzene ring substituents is 1. The molecule has 3 rings (SSSR count). The van der Waals surface area contributed by atoms with Crippen LogP contribution in [0.3, 0.4) is 0 Å². The van der Waals surface area contributed by atoms with Gasteiger partial charge >= 0.3 is 0 Å². The lowest BCUT2D eigenvalue weighted by atomic mass is 10.1. The second-order valence-electron chi connectivity index (χ2n) is 4.84. The number of hydrogen-bond acceptors (Lipinski definition) is 4. The second kappa shape index (κ2) is 6.11. The number of nitro groups is 1. The number of benzene rings is 2. The molecule has 1 amide bonds. The van der Waals surface area contributed by atoms with Gasteiger partial charge in [-0.05, 0) is 5.56 Å². The summed E-state index contributed by atoms with van der Waals surface area (Å²) in [5, 5.41) is 11.4. The maximum absolute atomic E-state index is 11.9. The molecule has 0 saturated heterocycles. The van der Waals surface area contributed by atoms with Gasteiger partial charge in [-0.15, -0.1) is 0 Å². The largest absolute Gasteiger partial charge is 0.273 e. The first-order chi connectivity index (χ1) is 10.6. The minimum absolute atomic E-state index is 0.00455. The highest BCUT2D eigenvalue weighted by Crippen LogP contribution is 2.38. The number of nitrogens with zero attached hydrogens (tertiary/aromatic N) is 2. The van der Waals surface area contributed by atoms with Gasteiger partial charge in [-0.1, -0.05) is 54.2 Å². The molecular weight excluding hydrogens is 300 g/mol. The lowest BCUT2D eigenvalue weighted by Crippen LogP contribution is -2.14. The molecule has 0 bridgehead atoms. The van der Waals surface area contributed by atoms with Crippen LogP contribution in [0.4, 0.5) is 5.69 Å². The summed E-state index contributed by atoms with van der Waals surface area (Å²) in [6, 6.07) is 15.9. The molecule has 0 spiro atoms. The van der Waals surface area contributed by atoms with Crippen molar-refractivity contribution in [3.8, 4) is 0 Å². The van der Waals surface area contributed by atoms with E-state index in [0.29, 0.717) is 17.0 Å². The first-order valence-electron chi connectivity index (χ1n) is 6.71. The molecule has 1 aliphatic rings. The minimum Gasteiger partial charge on any atom is -0.273 e. The van der Waals surface area contributed by atoms with Gasteiger partial charge in [-0.2, -0.15) is 0 Å². The fraction of sp³-hybridized carbons (Fsp3) is 0.125. The van der Waals surface area contributed by atoms with E-state index in [1.54, 1.807) is 12.1 Å². The number of rotatable bonds is 3. The van der Waals surface area contributed by atoms with Crippen LogP contribution in [0.25, 0.3) is 0 Å². The molecule has 5 nitrogen and oxygen atoms in total. The van der Waals surface area contributed by atoms with Crippen molar-refractivity contribution in [2.24, 2.45) is 4.99 Å². The summed E-state index contributed by atoms with van der Waals surface area (Å²) >= 11 is 1.47. The Hall–Kier alpha value is -2.47. The zero-order chi connectivity index (χ0) is 15.5. The molecule has 22 heavy (non-hydrogen) atoms. The van der Waals surface area contributed by atoms with Gasteiger partial charge in [0.2, 0.25) is 5.91 Å². The smallest absolute Gasteiger partial charge is 0.270 e. The molecule has 0 unspecified atom stereocenters. The van der Waals surface area contributed by atoms with Crippen molar-refractivity contribution in [2.75, 3.05) is 0 Å². The standard InChI is InChI=1S/C16H12N2O3S/c19-15-10-14(11-5-2-1-3-6-11)22-16(17-15)12-7-4-8-13(9-12)18(20)21/h1-9,14H,10H2/t14-/m0/s1. The van der Waals surface area contributed by atoms with Gasteiger partial charge in [0.25, 0.3) is 5.69 Å². The van der Waals surface area contributed by atoms with Crippen LogP contribution < -0.4 is 0 Å². The normalized spacial score (nSPS) is 17.9. The molecule has 1 heterocycles. The zero-order valence-electron chi connectivity index (χ0n) is 11.5. The van der Waals surface area contributed by atoms with Crippen LogP contribution in [0.1, 0.15) is 22.8 Å². The molecule has 0 fully saturated rings. The van der Waals surface area contributed by atoms with Gasteiger partial charge in [0.1, 0.15) is 5.04 Å². The summed E-state index contributed by atoms with van der Waals surface area (Å²) in [7, 11) is 0. The number of hydrogen-bond donors (Lipinski definition) is 0. The molecule has 110 valence electrons. The molecular formula is C16H12N2O3S. The fourth-order valence-electron chi connectivity index (χ4n) is 2.26. The van der Waals surface area contributed by atoms with E-state index in [9.17, 15) is 14.9 Å². The Balaban J connectivity index is 1.92. The summed E-state index contributed by atoms with van der Waals surface area (Å²) in [5.41, 5.74) is 1.65. The molecule has 0 N–H and O–H groups in total. The Morgan fingerprint density at radius 2 is 1.91 bits per heavy atom. The summed E-state index contributed by atoms with van der Waals surface area (Å²) in [6.45, 7) is 0. The minimum atomic E-state index is -0.450. The Morgan fingerprint density at radius 1 is 1.14 bits per heavy atom. The van der Waals surface area contributed by atoms with Crippen molar-refractivity contribution < 1.29 is 9.72 Å². The maximum atomic E-state index is 11.9. The Labute approximate surface area is 131 Å². The number of carbonyl (C=O) groups excluding carboxylic acids is 1. The van der Waals surface area contributed by atoms with Gasteiger partial charge in [-0.25, -0.2) is 4.99 Å². The predicted octanol–water partition coefficient (Wildman–Crippen LogP) is 3.75. The Morgan fingerprint density at radius 3 is 2.64 bits per heavy atom. The first-order valence-corrected chi connectivity index (χ1v) is 7.59. The van der Waals surface area contributed by atoms with E-state index in [0.717, 1.165) is 5.56 Å². The fourth-order valence-corrected chi connectivity index (χ4v) is 3.47. The lowest BCUT2D eigenvalue weighted by Gasteiger charge is -2.20. The van der Waals surface area contributed by atoms with E-state index in [4.69, 9.17) is 0 Å². The molecule has 2 aromatic carbocycles. The van der Waals surface area contributed by atoms with Gasteiger partial charge in [0.05, 0.1) is 4.92 Å². The molecule has 6 heteroatoms. The summed E-state index contributed by atoms with van der Waals surface area (Å²) in [6.07, 6.45) is 0.340. The highest BCUT2D eigenvalue weighted by atomic mass is 32.2. The van der Waals surface area contributed by atoms with Crippen molar-refractivity contribution in [1.82, 2.24) is 0 Å². The molecule has 0 radical (unpaired) electrons. The number of aliphatic imine (C=N–C) groups is 1. The van der Waals surface area contributed by atoms with Crippen LogP contribution in [-0.4, -0.2) is 15.9 Å². The van der Waals surface area contributed by atoms with Crippen molar-refractivity contribution in [2.45, 2.75) is 11.7 Å². The average Bonchev–Trinajstić information content (AvgIpc) is 2.55. The van der Waals surface area contributed by atoms with E-state index in [-0.39, 0.29) is 16.8 Å². The predicted molar refractivity (Wildman–Crippen MR) is 86.0 cm³/mol. The number of amides is 1. The third-order valence-electron chi connectivity index (χ3n) is 3.32. The van der Waals surface area contributed by atoms with E-state index in [2.05, 4.69) is 4.99 Å². The summed E-state index contributed by atoms with van der Waals surface area (Å²) in [5.74, 6) is -0.200. The lowest BCUT2D eigenvalue weighted by molar-refractivity contribution is -0.384. The second-order valence-corrected chi connectivity index (χ2v) is 6.03. The number of thioether (sulfide) groups is 1. The first kappa shape index (κ1) is 14.5. The monoisotopic (exact) mass is 312 g/mol. The van der Waals surface area contributed by atoms with Crippen molar-refractivity contribution >= 4 is 28.4 Å². The highest BCUT2D eigenvalue weighted by Gasteiger charge is 2.25. The third-order valence-corrected chi connectivity index (χ3v) is 4.59. The highest BCUT2D eigenvalue weighted by molar-refractivity contribution is 8.14. The van der Waals surface area contributed by atoms with Gasteiger partial charge < -0.3 is 0 Å². The van der Waals surface area contributed by atoms with Gasteiger partial charge in [0.15, 0.2) is 0 Å². The van der Waals surface area contributed by atoms with E-state index in [1.165, 1.54) is 23.9 Å². The van der Waals surface area contributed by atoms with Gasteiger partial charge in [0, 0.05) is 29.4 Å². The van der Waals surface area contributed by atoms with E-state index >= 15 is 0 Å². The number of non-ortho nitro benzene ring substituents is 1. The van der Waals surface area contributed by atoms with E-state index in [1.807, 2.05) is 30.3 Å². The van der Waals surface area contributed by atoms with Crippen LogP contribution in [-0.2, 0) is 4.79 Å². The zero-order valence-corrected chi connectivity index (χ0v) is 12.3. The summed E-state index contributed by atoms with van der Waals surface area (Å²) in [4.78, 5) is 26.4. The topological polar surface area (TPSA) is 72.6 Å². The van der Waals surface area contributed by atoms with Crippen LogP contribution in [0.5, 0.6) is 0 Å². The van der Waals surface area contributed by atoms with Crippen molar-refractivity contribution in [3.05, 3.63) is 75.8 Å². The van der Waals surface area contributed by atoms with Crippen LogP contribution in [0.2, 0.25) is 0 Å². The van der Waals surface area contributed by atoms with Crippen LogP contribution >= 0.6 is 11.8 Å². The quantitative estimate of drug-likeness (QED) is 0.639. The number of carbonyl (C=O) groups is 1. The SMILES string of the molecule is O=C1C[C@@H](c2ccccc2)SC(c2cccc([N+](=O)[O-])c2)=N1. The van der Waals surface area contributed by atoms with Crippen LogP contribution in [0, 0.1) is 10.1 Å². The third kappa shape index (κ3) is 3.07. The van der Waals surface area contributed by atoms with Crippen LogP contribution in [0.15, 0.2) is 59.6 Å². The average molecular weight is 312 g/mol. The van der Waals surface area contributed by atoms with Crippen molar-refractivity contribution in [3.63, 3.8) is 0 Å².